The fourth-order valence-electron chi connectivity index (χ4n) is 2.64. The minimum absolute atomic E-state index is 0.0287. The van der Waals surface area contributed by atoms with E-state index in [4.69, 9.17) is 10.8 Å². The second-order valence-electron chi connectivity index (χ2n) is 4.77. The first-order valence-corrected chi connectivity index (χ1v) is 6.37. The summed E-state index contributed by atoms with van der Waals surface area (Å²) in [5.41, 5.74) is 6.84. The van der Waals surface area contributed by atoms with Gasteiger partial charge in [0.15, 0.2) is 5.82 Å². The number of aryl methyl sites for hydroxylation is 1. The maximum absolute atomic E-state index is 12.5. The summed E-state index contributed by atoms with van der Waals surface area (Å²) in [6, 6.07) is 0.221. The lowest BCUT2D eigenvalue weighted by molar-refractivity contribution is 0.0638. The number of hydrogen-bond donors (Lipinski definition) is 3. The molecule has 18 heavy (non-hydrogen) atoms. The number of amides is 1. The van der Waals surface area contributed by atoms with Crippen molar-refractivity contribution in [1.29, 1.82) is 0 Å². The van der Waals surface area contributed by atoms with Gasteiger partial charge in [0.25, 0.3) is 5.91 Å². The van der Waals surface area contributed by atoms with Gasteiger partial charge in [-0.1, -0.05) is 12.8 Å². The first-order valence-electron chi connectivity index (χ1n) is 6.37. The molecule has 0 aromatic carbocycles. The molecule has 1 aliphatic rings. The minimum atomic E-state index is -0.125. The number of H-pyrrole nitrogens is 1. The Morgan fingerprint density at radius 3 is 2.72 bits per heavy atom. The van der Waals surface area contributed by atoms with E-state index in [2.05, 4.69) is 10.2 Å². The van der Waals surface area contributed by atoms with Gasteiger partial charge in [0.05, 0.1) is 6.61 Å². The Morgan fingerprint density at radius 1 is 1.56 bits per heavy atom. The molecular weight excluding hydrogens is 232 g/mol. The number of aliphatic hydroxyl groups excluding tert-OH is 1. The molecule has 1 fully saturated rings. The fraction of sp³-hybridized carbons (Fsp3) is 0.667. The van der Waals surface area contributed by atoms with Crippen LogP contribution in [0.4, 0.5) is 5.82 Å². The molecule has 0 radical (unpaired) electrons. The average Bonchev–Trinajstić information content (AvgIpc) is 2.96. The maximum Gasteiger partial charge on any atom is 0.259 e. The summed E-state index contributed by atoms with van der Waals surface area (Å²) in [4.78, 5) is 14.2. The minimum Gasteiger partial charge on any atom is -0.395 e. The van der Waals surface area contributed by atoms with Gasteiger partial charge in [-0.25, -0.2) is 0 Å². The second kappa shape index (κ2) is 5.39. The molecule has 0 bridgehead atoms. The molecule has 0 spiro atoms. The largest absolute Gasteiger partial charge is 0.395 e. The highest BCUT2D eigenvalue weighted by Gasteiger charge is 2.29. The molecule has 1 aromatic rings. The van der Waals surface area contributed by atoms with E-state index < -0.39 is 0 Å². The summed E-state index contributed by atoms with van der Waals surface area (Å²) in [6.45, 7) is 2.11. The van der Waals surface area contributed by atoms with Crippen LogP contribution in [0.15, 0.2) is 0 Å². The van der Waals surface area contributed by atoms with E-state index in [0.29, 0.717) is 17.8 Å². The van der Waals surface area contributed by atoms with Crippen LogP contribution < -0.4 is 5.73 Å². The van der Waals surface area contributed by atoms with Crippen molar-refractivity contribution in [3.8, 4) is 0 Å². The van der Waals surface area contributed by atoms with Crippen molar-refractivity contribution in [2.45, 2.75) is 38.6 Å². The molecule has 0 atom stereocenters. The number of nitrogens with two attached hydrogens (primary N) is 1. The SMILES string of the molecule is Cc1[nH]nc(N)c1C(=O)N(CCO)C1CCCC1. The third-order valence-electron chi connectivity index (χ3n) is 3.56. The van der Waals surface area contributed by atoms with Crippen molar-refractivity contribution in [2.75, 3.05) is 18.9 Å². The van der Waals surface area contributed by atoms with Gasteiger partial charge < -0.3 is 15.7 Å². The number of nitrogens with one attached hydrogen (secondary N) is 1. The molecule has 2 rings (SSSR count). The zero-order chi connectivity index (χ0) is 13.1. The third kappa shape index (κ3) is 2.33. The van der Waals surface area contributed by atoms with E-state index in [9.17, 15) is 4.79 Å². The summed E-state index contributed by atoms with van der Waals surface area (Å²) in [6.07, 6.45) is 4.28. The number of nitrogens with zero attached hydrogens (tertiary/aromatic N) is 2. The Hall–Kier alpha value is -1.56. The molecular formula is C12H20N4O2. The van der Waals surface area contributed by atoms with Crippen LogP contribution in [0.25, 0.3) is 0 Å². The first kappa shape index (κ1) is 12.9. The summed E-state index contributed by atoms with van der Waals surface area (Å²) in [7, 11) is 0. The molecule has 6 heteroatoms. The molecule has 1 aromatic heterocycles. The number of aromatic amines is 1. The summed E-state index contributed by atoms with van der Waals surface area (Å²) < 4.78 is 0. The quantitative estimate of drug-likeness (QED) is 0.734. The van der Waals surface area contributed by atoms with E-state index >= 15 is 0 Å². The lowest BCUT2D eigenvalue weighted by Gasteiger charge is -2.28. The van der Waals surface area contributed by atoms with Crippen LogP contribution in [0, 0.1) is 6.92 Å². The predicted molar refractivity (Wildman–Crippen MR) is 68.1 cm³/mol. The van der Waals surface area contributed by atoms with E-state index in [0.717, 1.165) is 25.7 Å². The predicted octanol–water partition coefficient (Wildman–Crippen LogP) is 0.677. The smallest absolute Gasteiger partial charge is 0.259 e. The number of hydrogen-bond acceptors (Lipinski definition) is 4. The highest BCUT2D eigenvalue weighted by atomic mass is 16.3. The molecule has 4 N–H and O–H groups in total. The lowest BCUT2D eigenvalue weighted by Crippen LogP contribution is -2.41. The number of anilines is 1. The average molecular weight is 252 g/mol. The highest BCUT2D eigenvalue weighted by molar-refractivity contribution is 5.99. The molecule has 1 heterocycles. The van der Waals surface area contributed by atoms with Crippen LogP contribution in [0.1, 0.15) is 41.7 Å². The van der Waals surface area contributed by atoms with Gasteiger partial charge in [-0.05, 0) is 19.8 Å². The first-order chi connectivity index (χ1) is 8.65. The normalized spacial score (nSPS) is 16.1. The van der Waals surface area contributed by atoms with E-state index in [-0.39, 0.29) is 24.4 Å². The van der Waals surface area contributed by atoms with Crippen LogP contribution in [0.3, 0.4) is 0 Å². The fourth-order valence-corrected chi connectivity index (χ4v) is 2.64. The molecule has 1 amide bonds. The second-order valence-corrected chi connectivity index (χ2v) is 4.77. The van der Waals surface area contributed by atoms with Crippen LogP contribution in [-0.2, 0) is 0 Å². The van der Waals surface area contributed by atoms with Crippen molar-refractivity contribution in [3.05, 3.63) is 11.3 Å². The summed E-state index contributed by atoms with van der Waals surface area (Å²) in [5, 5.41) is 15.7. The van der Waals surface area contributed by atoms with Gasteiger partial charge in [0.2, 0.25) is 0 Å². The number of aliphatic hydroxyl groups is 1. The van der Waals surface area contributed by atoms with Gasteiger partial charge in [-0.15, -0.1) is 0 Å². The number of rotatable bonds is 4. The van der Waals surface area contributed by atoms with Crippen molar-refractivity contribution in [1.82, 2.24) is 15.1 Å². The van der Waals surface area contributed by atoms with Crippen molar-refractivity contribution in [2.24, 2.45) is 0 Å². The van der Waals surface area contributed by atoms with Gasteiger partial charge >= 0.3 is 0 Å². The number of carbonyl (C=O) groups is 1. The van der Waals surface area contributed by atoms with Gasteiger partial charge in [-0.3, -0.25) is 9.89 Å². The Kier molecular flexibility index (Phi) is 3.86. The van der Waals surface area contributed by atoms with E-state index in [1.807, 2.05) is 0 Å². The Balaban J connectivity index is 2.22. The monoisotopic (exact) mass is 252 g/mol. The Bertz CT molecular complexity index is 404. The van der Waals surface area contributed by atoms with Crippen LogP contribution in [-0.4, -0.2) is 45.3 Å². The third-order valence-corrected chi connectivity index (χ3v) is 3.56. The molecule has 0 saturated heterocycles. The molecule has 6 nitrogen and oxygen atoms in total. The number of nitrogen functional groups attached to an aromatic ring is 1. The molecule has 0 aliphatic heterocycles. The zero-order valence-electron chi connectivity index (χ0n) is 10.6. The van der Waals surface area contributed by atoms with Gasteiger partial charge in [-0.2, -0.15) is 5.10 Å². The van der Waals surface area contributed by atoms with Crippen LogP contribution in [0.2, 0.25) is 0 Å². The standard InChI is InChI=1S/C12H20N4O2/c1-8-10(11(13)15-14-8)12(18)16(6-7-17)9-4-2-3-5-9/h9,17H,2-7H2,1H3,(H3,13,14,15). The van der Waals surface area contributed by atoms with E-state index in [1.54, 1.807) is 11.8 Å². The van der Waals surface area contributed by atoms with Crippen molar-refractivity contribution < 1.29 is 9.90 Å². The van der Waals surface area contributed by atoms with Crippen LogP contribution in [0.5, 0.6) is 0 Å². The summed E-state index contributed by atoms with van der Waals surface area (Å²) in [5.74, 6) is 0.109. The van der Waals surface area contributed by atoms with Crippen LogP contribution >= 0.6 is 0 Å². The number of aromatic nitrogens is 2. The topological polar surface area (TPSA) is 95.2 Å². The maximum atomic E-state index is 12.5. The zero-order valence-corrected chi connectivity index (χ0v) is 10.6. The molecule has 0 unspecified atom stereocenters. The van der Waals surface area contributed by atoms with Crippen molar-refractivity contribution in [3.63, 3.8) is 0 Å². The molecule has 1 saturated carbocycles. The highest BCUT2D eigenvalue weighted by Crippen LogP contribution is 2.26. The molecule has 100 valence electrons. The molecule has 1 aliphatic carbocycles. The summed E-state index contributed by atoms with van der Waals surface area (Å²) >= 11 is 0. The van der Waals surface area contributed by atoms with Gasteiger partial charge in [0.1, 0.15) is 5.56 Å². The number of carbonyl (C=O) groups excluding carboxylic acids is 1. The lowest BCUT2D eigenvalue weighted by atomic mass is 10.1. The van der Waals surface area contributed by atoms with E-state index in [1.165, 1.54) is 0 Å². The Labute approximate surface area is 106 Å². The van der Waals surface area contributed by atoms with Gasteiger partial charge in [0, 0.05) is 18.3 Å². The Morgan fingerprint density at radius 2 is 2.22 bits per heavy atom. The van der Waals surface area contributed by atoms with Crippen molar-refractivity contribution >= 4 is 11.7 Å².